The SMILES string of the molecule is CCC1OCCC1C(Cc1c(Br)c(C)nn1CC)NN. The third-order valence-electron chi connectivity index (χ3n) is 4.26. The molecule has 2 rings (SSSR count). The predicted octanol–water partition coefficient (Wildman–Crippen LogP) is 2.16. The molecule has 2 heterocycles. The molecule has 20 heavy (non-hydrogen) atoms. The second-order valence-electron chi connectivity index (χ2n) is 5.41. The van der Waals surface area contributed by atoms with Crippen LogP contribution < -0.4 is 11.3 Å². The van der Waals surface area contributed by atoms with Gasteiger partial charge in [0.2, 0.25) is 0 Å². The van der Waals surface area contributed by atoms with Crippen molar-refractivity contribution in [2.45, 2.75) is 58.7 Å². The van der Waals surface area contributed by atoms with Crippen molar-refractivity contribution in [2.75, 3.05) is 6.61 Å². The van der Waals surface area contributed by atoms with Crippen LogP contribution in [0.25, 0.3) is 0 Å². The Hall–Kier alpha value is -0.430. The van der Waals surface area contributed by atoms with E-state index in [0.29, 0.717) is 12.0 Å². The maximum absolute atomic E-state index is 5.82. The number of ether oxygens (including phenoxy) is 1. The van der Waals surface area contributed by atoms with Crippen LogP contribution in [0.5, 0.6) is 0 Å². The van der Waals surface area contributed by atoms with Gasteiger partial charge < -0.3 is 4.74 Å². The lowest BCUT2D eigenvalue weighted by molar-refractivity contribution is 0.0772. The summed E-state index contributed by atoms with van der Waals surface area (Å²) < 4.78 is 8.96. The third kappa shape index (κ3) is 3.08. The number of nitrogens with one attached hydrogen (secondary N) is 1. The lowest BCUT2D eigenvalue weighted by Crippen LogP contribution is -2.45. The first-order valence-corrected chi connectivity index (χ1v) is 8.21. The van der Waals surface area contributed by atoms with Gasteiger partial charge in [-0.25, -0.2) is 0 Å². The summed E-state index contributed by atoms with van der Waals surface area (Å²) in [5, 5.41) is 4.55. The summed E-state index contributed by atoms with van der Waals surface area (Å²) in [4.78, 5) is 0. The molecule has 1 fully saturated rings. The van der Waals surface area contributed by atoms with Gasteiger partial charge in [-0.2, -0.15) is 5.10 Å². The average Bonchev–Trinajstić information content (AvgIpc) is 3.03. The van der Waals surface area contributed by atoms with E-state index in [1.165, 1.54) is 5.69 Å². The van der Waals surface area contributed by atoms with Crippen molar-refractivity contribution in [1.29, 1.82) is 0 Å². The fourth-order valence-corrected chi connectivity index (χ4v) is 3.60. The second-order valence-corrected chi connectivity index (χ2v) is 6.20. The lowest BCUT2D eigenvalue weighted by atomic mass is 9.89. The molecule has 1 aromatic rings. The van der Waals surface area contributed by atoms with Crippen LogP contribution in [0.4, 0.5) is 0 Å². The van der Waals surface area contributed by atoms with Crippen molar-refractivity contribution in [3.8, 4) is 0 Å². The van der Waals surface area contributed by atoms with E-state index >= 15 is 0 Å². The molecule has 0 radical (unpaired) electrons. The summed E-state index contributed by atoms with van der Waals surface area (Å²) in [6, 6.07) is 0.222. The van der Waals surface area contributed by atoms with Gasteiger partial charge in [0.05, 0.1) is 22.0 Å². The molecule has 3 atom stereocenters. The summed E-state index contributed by atoms with van der Waals surface area (Å²) in [7, 11) is 0. The molecular formula is C14H25BrN4O. The summed E-state index contributed by atoms with van der Waals surface area (Å²) in [5.41, 5.74) is 5.25. The maximum atomic E-state index is 5.82. The van der Waals surface area contributed by atoms with Gasteiger partial charge in [0.1, 0.15) is 0 Å². The molecule has 3 N–H and O–H groups in total. The van der Waals surface area contributed by atoms with Gasteiger partial charge >= 0.3 is 0 Å². The summed E-state index contributed by atoms with van der Waals surface area (Å²) in [5.74, 6) is 6.29. The molecule has 5 nitrogen and oxygen atoms in total. The zero-order chi connectivity index (χ0) is 14.7. The van der Waals surface area contributed by atoms with Gasteiger partial charge in [0.15, 0.2) is 0 Å². The van der Waals surface area contributed by atoms with E-state index < -0.39 is 0 Å². The summed E-state index contributed by atoms with van der Waals surface area (Å²) in [6.07, 6.45) is 3.30. The van der Waals surface area contributed by atoms with Crippen LogP contribution in [0.15, 0.2) is 4.47 Å². The Kier molecular flexibility index (Phi) is 5.60. The zero-order valence-electron chi connectivity index (χ0n) is 12.5. The van der Waals surface area contributed by atoms with Crippen LogP contribution in [0, 0.1) is 12.8 Å². The molecule has 0 amide bonds. The number of aromatic nitrogens is 2. The predicted molar refractivity (Wildman–Crippen MR) is 83.3 cm³/mol. The molecule has 1 aliphatic rings. The second kappa shape index (κ2) is 7.02. The smallest absolute Gasteiger partial charge is 0.0738 e. The van der Waals surface area contributed by atoms with Crippen molar-refractivity contribution in [1.82, 2.24) is 15.2 Å². The quantitative estimate of drug-likeness (QED) is 0.613. The van der Waals surface area contributed by atoms with Crippen molar-refractivity contribution in [2.24, 2.45) is 11.8 Å². The molecule has 1 saturated heterocycles. The van der Waals surface area contributed by atoms with Crippen molar-refractivity contribution >= 4 is 15.9 Å². The molecule has 0 bridgehead atoms. The molecular weight excluding hydrogens is 320 g/mol. The highest BCUT2D eigenvalue weighted by molar-refractivity contribution is 9.10. The number of hydrogen-bond donors (Lipinski definition) is 2. The Bertz CT molecular complexity index is 449. The molecule has 0 aliphatic carbocycles. The van der Waals surface area contributed by atoms with Gasteiger partial charge in [-0.15, -0.1) is 0 Å². The van der Waals surface area contributed by atoms with E-state index in [0.717, 1.165) is 42.6 Å². The number of nitrogens with zero attached hydrogens (tertiary/aromatic N) is 2. The number of aryl methyl sites for hydroxylation is 2. The first kappa shape index (κ1) is 15.9. The largest absolute Gasteiger partial charge is 0.378 e. The van der Waals surface area contributed by atoms with E-state index in [1.807, 2.05) is 6.92 Å². The molecule has 0 spiro atoms. The van der Waals surface area contributed by atoms with Crippen LogP contribution >= 0.6 is 15.9 Å². The van der Waals surface area contributed by atoms with Crippen LogP contribution in [-0.4, -0.2) is 28.5 Å². The van der Waals surface area contributed by atoms with Crippen molar-refractivity contribution in [3.05, 3.63) is 15.9 Å². The highest BCUT2D eigenvalue weighted by Crippen LogP contribution is 2.30. The Balaban J connectivity index is 2.18. The van der Waals surface area contributed by atoms with Crippen LogP contribution in [0.1, 0.15) is 38.1 Å². The Morgan fingerprint density at radius 3 is 2.90 bits per heavy atom. The fraction of sp³-hybridized carbons (Fsp3) is 0.786. The average molecular weight is 345 g/mol. The van der Waals surface area contributed by atoms with E-state index in [9.17, 15) is 0 Å². The Morgan fingerprint density at radius 2 is 2.30 bits per heavy atom. The summed E-state index contributed by atoms with van der Waals surface area (Å²) >= 11 is 3.66. The molecule has 3 unspecified atom stereocenters. The molecule has 6 heteroatoms. The molecule has 1 aromatic heterocycles. The zero-order valence-corrected chi connectivity index (χ0v) is 14.1. The highest BCUT2D eigenvalue weighted by Gasteiger charge is 2.34. The number of hydrazine groups is 1. The Labute approximate surface area is 129 Å². The highest BCUT2D eigenvalue weighted by atomic mass is 79.9. The van der Waals surface area contributed by atoms with E-state index in [4.69, 9.17) is 10.6 Å². The minimum Gasteiger partial charge on any atom is -0.378 e. The van der Waals surface area contributed by atoms with Crippen LogP contribution in [0.2, 0.25) is 0 Å². The number of rotatable bonds is 6. The topological polar surface area (TPSA) is 65.1 Å². The summed E-state index contributed by atoms with van der Waals surface area (Å²) in [6.45, 7) is 8.03. The Morgan fingerprint density at radius 1 is 1.55 bits per heavy atom. The number of hydrogen-bond acceptors (Lipinski definition) is 4. The van der Waals surface area contributed by atoms with Crippen LogP contribution in [0.3, 0.4) is 0 Å². The maximum Gasteiger partial charge on any atom is 0.0738 e. The molecule has 0 aromatic carbocycles. The standard InChI is InChI=1S/C14H25BrN4O/c1-4-13-10(6-7-20-13)11(17-16)8-12-14(15)9(3)18-19(12)5-2/h10-11,13,17H,4-8,16H2,1-3H3. The minimum absolute atomic E-state index is 0.222. The monoisotopic (exact) mass is 344 g/mol. The van der Waals surface area contributed by atoms with E-state index in [2.05, 4.69) is 45.0 Å². The molecule has 1 aliphatic heterocycles. The van der Waals surface area contributed by atoms with E-state index in [-0.39, 0.29) is 6.04 Å². The van der Waals surface area contributed by atoms with E-state index in [1.54, 1.807) is 0 Å². The van der Waals surface area contributed by atoms with Crippen molar-refractivity contribution < 1.29 is 4.74 Å². The lowest BCUT2D eigenvalue weighted by Gasteiger charge is -2.26. The van der Waals surface area contributed by atoms with Gasteiger partial charge in [-0.1, -0.05) is 6.92 Å². The molecule has 0 saturated carbocycles. The molecule has 114 valence electrons. The number of halogens is 1. The normalized spacial score (nSPS) is 24.2. The van der Waals surface area contributed by atoms with Crippen molar-refractivity contribution in [3.63, 3.8) is 0 Å². The van der Waals surface area contributed by atoms with Gasteiger partial charge in [0.25, 0.3) is 0 Å². The van der Waals surface area contributed by atoms with Gasteiger partial charge in [-0.05, 0) is 42.6 Å². The third-order valence-corrected chi connectivity index (χ3v) is 5.29. The van der Waals surface area contributed by atoms with Crippen LogP contribution in [-0.2, 0) is 17.7 Å². The van der Waals surface area contributed by atoms with Gasteiger partial charge in [-0.3, -0.25) is 16.0 Å². The fourth-order valence-electron chi connectivity index (χ4n) is 3.15. The number of nitrogens with two attached hydrogens (primary N) is 1. The first-order chi connectivity index (χ1) is 9.62. The minimum atomic E-state index is 0.222. The van der Waals surface area contributed by atoms with Gasteiger partial charge in [0, 0.05) is 31.5 Å². The first-order valence-electron chi connectivity index (χ1n) is 7.41.